The summed E-state index contributed by atoms with van der Waals surface area (Å²) in [4.78, 5) is 11.9. The third-order valence-electron chi connectivity index (χ3n) is 3.67. The van der Waals surface area contributed by atoms with Crippen molar-refractivity contribution in [3.63, 3.8) is 0 Å². The molecule has 0 aliphatic rings. The number of sulfonamides is 1. The zero-order valence-corrected chi connectivity index (χ0v) is 16.2. The Morgan fingerprint density at radius 2 is 1.88 bits per heavy atom. The first-order chi connectivity index (χ1) is 11.7. The second-order valence-corrected chi connectivity index (χ2v) is 8.00. The summed E-state index contributed by atoms with van der Waals surface area (Å²) in [5, 5.41) is 0.323. The number of carbonyl (C=O) groups excluding carboxylic acids is 1. The van der Waals surface area contributed by atoms with E-state index in [-0.39, 0.29) is 21.5 Å². The summed E-state index contributed by atoms with van der Waals surface area (Å²) in [6.07, 6.45) is 0. The Morgan fingerprint density at radius 3 is 2.52 bits per heavy atom. The Labute approximate surface area is 157 Å². The average molecular weight is 402 g/mol. The van der Waals surface area contributed by atoms with Gasteiger partial charge in [0, 0.05) is 12.1 Å². The molecule has 0 amide bonds. The maximum atomic E-state index is 12.9. The first-order valence-corrected chi connectivity index (χ1v) is 9.60. The fourth-order valence-corrected chi connectivity index (χ4v) is 4.34. The van der Waals surface area contributed by atoms with Crippen molar-refractivity contribution in [2.24, 2.45) is 0 Å². The van der Waals surface area contributed by atoms with Gasteiger partial charge in [0.15, 0.2) is 0 Å². The highest BCUT2D eigenvalue weighted by atomic mass is 35.5. The van der Waals surface area contributed by atoms with Crippen molar-refractivity contribution in [3.05, 3.63) is 57.6 Å². The second kappa shape index (κ2) is 7.64. The first kappa shape index (κ1) is 19.6. The summed E-state index contributed by atoms with van der Waals surface area (Å²) in [6.45, 7) is 3.59. The van der Waals surface area contributed by atoms with Gasteiger partial charge >= 0.3 is 5.97 Å². The standard InChI is InChI=1S/C17H17Cl2NO4S/c1-4-24-17(21)13-6-5-7-15(11(13)2)20(3)25(22,23)16-10-12(18)8-9-14(16)19/h5-10H,4H2,1-3H3. The number of rotatable bonds is 5. The van der Waals surface area contributed by atoms with Crippen LogP contribution in [-0.2, 0) is 14.8 Å². The lowest BCUT2D eigenvalue weighted by Crippen LogP contribution is -2.28. The summed E-state index contributed by atoms with van der Waals surface area (Å²) < 4.78 is 31.9. The van der Waals surface area contributed by atoms with Crippen molar-refractivity contribution in [1.29, 1.82) is 0 Å². The quantitative estimate of drug-likeness (QED) is 0.700. The van der Waals surface area contributed by atoms with E-state index in [4.69, 9.17) is 27.9 Å². The van der Waals surface area contributed by atoms with Crippen LogP contribution in [0.15, 0.2) is 41.3 Å². The van der Waals surface area contributed by atoms with E-state index < -0.39 is 16.0 Å². The van der Waals surface area contributed by atoms with Crippen LogP contribution in [0.4, 0.5) is 5.69 Å². The largest absolute Gasteiger partial charge is 0.462 e. The van der Waals surface area contributed by atoms with Gasteiger partial charge < -0.3 is 4.74 Å². The molecule has 0 bridgehead atoms. The SMILES string of the molecule is CCOC(=O)c1cccc(N(C)S(=O)(=O)c2cc(Cl)ccc2Cl)c1C. The number of benzene rings is 2. The number of carbonyl (C=O) groups is 1. The molecule has 2 aromatic carbocycles. The van der Waals surface area contributed by atoms with Crippen LogP contribution >= 0.6 is 23.2 Å². The third kappa shape index (κ3) is 3.92. The molecule has 0 saturated heterocycles. The molecule has 0 radical (unpaired) electrons. The smallest absolute Gasteiger partial charge is 0.338 e. The van der Waals surface area contributed by atoms with Crippen LogP contribution in [0.1, 0.15) is 22.8 Å². The molecule has 134 valence electrons. The Hall–Kier alpha value is -1.76. The Morgan fingerprint density at radius 1 is 1.20 bits per heavy atom. The lowest BCUT2D eigenvalue weighted by Gasteiger charge is -2.23. The van der Waals surface area contributed by atoms with Crippen molar-refractivity contribution in [2.45, 2.75) is 18.7 Å². The van der Waals surface area contributed by atoms with E-state index >= 15 is 0 Å². The number of nitrogens with zero attached hydrogens (tertiary/aromatic N) is 1. The molecule has 0 fully saturated rings. The van der Waals surface area contributed by atoms with Gasteiger partial charge in [-0.15, -0.1) is 0 Å². The van der Waals surface area contributed by atoms with Gasteiger partial charge in [-0.1, -0.05) is 29.3 Å². The zero-order chi connectivity index (χ0) is 18.8. The van der Waals surface area contributed by atoms with E-state index in [1.165, 1.54) is 25.2 Å². The van der Waals surface area contributed by atoms with Crippen molar-refractivity contribution < 1.29 is 17.9 Å². The van der Waals surface area contributed by atoms with Gasteiger partial charge in [-0.2, -0.15) is 0 Å². The van der Waals surface area contributed by atoms with E-state index in [0.717, 1.165) is 4.31 Å². The molecule has 2 rings (SSSR count). The van der Waals surface area contributed by atoms with Gasteiger partial charge in [-0.25, -0.2) is 13.2 Å². The lowest BCUT2D eigenvalue weighted by molar-refractivity contribution is 0.0525. The van der Waals surface area contributed by atoms with Gasteiger partial charge in [0.25, 0.3) is 10.0 Å². The molecule has 25 heavy (non-hydrogen) atoms. The highest BCUT2D eigenvalue weighted by Crippen LogP contribution is 2.32. The average Bonchev–Trinajstić information content (AvgIpc) is 2.56. The molecular weight excluding hydrogens is 385 g/mol. The lowest BCUT2D eigenvalue weighted by atomic mass is 10.1. The van der Waals surface area contributed by atoms with E-state index in [1.54, 1.807) is 32.0 Å². The van der Waals surface area contributed by atoms with Crippen LogP contribution in [0, 0.1) is 6.92 Å². The van der Waals surface area contributed by atoms with E-state index in [0.29, 0.717) is 16.8 Å². The van der Waals surface area contributed by atoms with Crippen molar-refractivity contribution in [2.75, 3.05) is 18.0 Å². The first-order valence-electron chi connectivity index (χ1n) is 7.40. The van der Waals surface area contributed by atoms with Gasteiger partial charge in [0.1, 0.15) is 4.90 Å². The summed E-state index contributed by atoms with van der Waals surface area (Å²) in [7, 11) is -2.56. The van der Waals surface area contributed by atoms with Gasteiger partial charge in [-0.05, 0) is 49.7 Å². The Kier molecular flexibility index (Phi) is 5.98. The molecule has 0 heterocycles. The molecule has 0 saturated carbocycles. The number of esters is 1. The maximum absolute atomic E-state index is 12.9. The molecular formula is C17H17Cl2NO4S. The van der Waals surface area contributed by atoms with E-state index in [2.05, 4.69) is 0 Å². The van der Waals surface area contributed by atoms with E-state index in [9.17, 15) is 13.2 Å². The minimum absolute atomic E-state index is 0.0652. The molecule has 0 aromatic heterocycles. The van der Waals surface area contributed by atoms with Crippen LogP contribution in [-0.4, -0.2) is 28.0 Å². The predicted molar refractivity (Wildman–Crippen MR) is 99.2 cm³/mol. The van der Waals surface area contributed by atoms with Crippen LogP contribution in [0.2, 0.25) is 10.0 Å². The molecule has 0 atom stereocenters. The molecule has 0 aliphatic heterocycles. The van der Waals surface area contributed by atoms with Gasteiger partial charge in [-0.3, -0.25) is 4.31 Å². The predicted octanol–water partition coefficient (Wildman–Crippen LogP) is 4.30. The van der Waals surface area contributed by atoms with Crippen LogP contribution in [0.3, 0.4) is 0 Å². The molecule has 0 spiro atoms. The number of anilines is 1. The monoisotopic (exact) mass is 401 g/mol. The van der Waals surface area contributed by atoms with E-state index in [1.807, 2.05) is 0 Å². The van der Waals surface area contributed by atoms with Gasteiger partial charge in [0.2, 0.25) is 0 Å². The van der Waals surface area contributed by atoms with Gasteiger partial charge in [0.05, 0.1) is 22.9 Å². The minimum Gasteiger partial charge on any atom is -0.462 e. The molecule has 8 heteroatoms. The number of hydrogen-bond donors (Lipinski definition) is 0. The van der Waals surface area contributed by atoms with Crippen molar-refractivity contribution >= 4 is 44.9 Å². The normalized spacial score (nSPS) is 11.2. The summed E-state index contributed by atoms with van der Waals surface area (Å²) >= 11 is 11.9. The molecule has 0 aliphatic carbocycles. The fraction of sp³-hybridized carbons (Fsp3) is 0.235. The zero-order valence-electron chi connectivity index (χ0n) is 13.9. The second-order valence-electron chi connectivity index (χ2n) is 5.22. The van der Waals surface area contributed by atoms with Crippen molar-refractivity contribution in [1.82, 2.24) is 0 Å². The Bertz CT molecular complexity index is 913. The van der Waals surface area contributed by atoms with Crippen LogP contribution < -0.4 is 4.31 Å². The number of halogens is 2. The Balaban J connectivity index is 2.53. The molecule has 2 aromatic rings. The van der Waals surface area contributed by atoms with Crippen LogP contribution in [0.25, 0.3) is 0 Å². The molecule has 0 N–H and O–H groups in total. The van der Waals surface area contributed by atoms with Crippen molar-refractivity contribution in [3.8, 4) is 0 Å². The topological polar surface area (TPSA) is 63.7 Å². The van der Waals surface area contributed by atoms with Crippen LogP contribution in [0.5, 0.6) is 0 Å². The third-order valence-corrected chi connectivity index (χ3v) is 6.16. The summed E-state index contributed by atoms with van der Waals surface area (Å²) in [5.41, 5.74) is 1.14. The number of hydrogen-bond acceptors (Lipinski definition) is 4. The maximum Gasteiger partial charge on any atom is 0.338 e. The minimum atomic E-state index is -3.96. The summed E-state index contributed by atoms with van der Waals surface area (Å²) in [6, 6.07) is 9.01. The molecule has 5 nitrogen and oxygen atoms in total. The molecule has 0 unspecified atom stereocenters. The highest BCUT2D eigenvalue weighted by molar-refractivity contribution is 7.93. The summed E-state index contributed by atoms with van der Waals surface area (Å²) in [5.74, 6) is -0.506. The number of ether oxygens (including phenoxy) is 1. The fourth-order valence-electron chi connectivity index (χ4n) is 2.35. The highest BCUT2D eigenvalue weighted by Gasteiger charge is 2.26.